The molecular formula is C11H11FN2O5S. The van der Waals surface area contributed by atoms with E-state index in [9.17, 15) is 22.9 Å². The van der Waals surface area contributed by atoms with Gasteiger partial charge in [-0.15, -0.1) is 12.3 Å². The quantitative estimate of drug-likeness (QED) is 0.367. The Balaban J connectivity index is 3.22. The molecule has 2 N–H and O–H groups in total. The number of nitro benzene ring substituents is 1. The topological polar surface area (TPSA) is 113 Å². The summed E-state index contributed by atoms with van der Waals surface area (Å²) in [6, 6.07) is 1.21. The lowest BCUT2D eigenvalue weighted by Gasteiger charge is -2.10. The summed E-state index contributed by atoms with van der Waals surface area (Å²) in [5.41, 5.74) is -0.734. The van der Waals surface area contributed by atoms with E-state index in [-0.39, 0.29) is 6.61 Å². The minimum absolute atomic E-state index is 0.0402. The number of hydrogen-bond acceptors (Lipinski definition) is 5. The molecule has 9 heteroatoms. The second-order valence-electron chi connectivity index (χ2n) is 3.71. The number of sulfonamides is 1. The standard InChI is InChI=1S/C11H11FN2O5S/c1-2-3-4-5-19-11-9(12)6-8(14(15)16)7-10(11)20(13,17)18/h1,6-7H,3-5H2,(H2,13,17,18). The Morgan fingerprint density at radius 2 is 2.15 bits per heavy atom. The first-order chi connectivity index (χ1) is 9.27. The van der Waals surface area contributed by atoms with Crippen molar-refractivity contribution in [1.82, 2.24) is 0 Å². The van der Waals surface area contributed by atoms with Crippen LogP contribution in [0, 0.1) is 28.3 Å². The molecule has 1 aromatic rings. The zero-order valence-electron chi connectivity index (χ0n) is 10.2. The monoisotopic (exact) mass is 302 g/mol. The van der Waals surface area contributed by atoms with Crippen molar-refractivity contribution < 1.29 is 22.5 Å². The van der Waals surface area contributed by atoms with Crippen LogP contribution in [-0.4, -0.2) is 19.9 Å². The van der Waals surface area contributed by atoms with Gasteiger partial charge in [-0.1, -0.05) is 0 Å². The number of nitro groups is 1. The van der Waals surface area contributed by atoms with E-state index in [0.29, 0.717) is 25.0 Å². The van der Waals surface area contributed by atoms with E-state index in [1.807, 2.05) is 0 Å². The summed E-state index contributed by atoms with van der Waals surface area (Å²) in [5.74, 6) is 0.511. The van der Waals surface area contributed by atoms with Gasteiger partial charge in [-0.3, -0.25) is 10.1 Å². The Bertz CT molecular complexity index is 666. The molecule has 1 aromatic carbocycles. The largest absolute Gasteiger partial charge is 0.489 e. The molecule has 1 rings (SSSR count). The second-order valence-corrected chi connectivity index (χ2v) is 5.24. The molecule has 7 nitrogen and oxygen atoms in total. The van der Waals surface area contributed by atoms with E-state index in [1.165, 1.54) is 0 Å². The number of hydrogen-bond donors (Lipinski definition) is 1. The van der Waals surface area contributed by atoms with Crippen molar-refractivity contribution in [3.63, 3.8) is 0 Å². The molecule has 0 saturated carbocycles. The van der Waals surface area contributed by atoms with Crippen LogP contribution < -0.4 is 9.88 Å². The first-order valence-electron chi connectivity index (χ1n) is 5.34. The van der Waals surface area contributed by atoms with E-state index < -0.39 is 37.1 Å². The maximum absolute atomic E-state index is 13.7. The molecule has 0 aromatic heterocycles. The van der Waals surface area contributed by atoms with Crippen LogP contribution in [0.3, 0.4) is 0 Å². The predicted octanol–water partition coefficient (Wildman–Crippen LogP) is 1.17. The highest BCUT2D eigenvalue weighted by Gasteiger charge is 2.24. The molecule has 0 bridgehead atoms. The number of halogens is 1. The third kappa shape index (κ3) is 3.91. The van der Waals surface area contributed by atoms with Crippen molar-refractivity contribution in [3.05, 3.63) is 28.1 Å². The van der Waals surface area contributed by atoms with E-state index >= 15 is 0 Å². The van der Waals surface area contributed by atoms with Crippen molar-refractivity contribution in [2.45, 2.75) is 17.7 Å². The van der Waals surface area contributed by atoms with Crippen molar-refractivity contribution in [2.75, 3.05) is 6.61 Å². The molecule has 0 fully saturated rings. The molecule has 20 heavy (non-hydrogen) atoms. The van der Waals surface area contributed by atoms with Gasteiger partial charge in [-0.25, -0.2) is 17.9 Å². The highest BCUT2D eigenvalue weighted by Crippen LogP contribution is 2.31. The van der Waals surface area contributed by atoms with Gasteiger partial charge in [-0.2, -0.15) is 0 Å². The molecule has 0 saturated heterocycles. The Morgan fingerprint density at radius 1 is 1.50 bits per heavy atom. The van der Waals surface area contributed by atoms with Gasteiger partial charge in [0.2, 0.25) is 10.0 Å². The van der Waals surface area contributed by atoms with Crippen LogP contribution in [0.2, 0.25) is 0 Å². The summed E-state index contributed by atoms with van der Waals surface area (Å²) in [7, 11) is -4.36. The average Bonchev–Trinajstić information content (AvgIpc) is 2.34. The molecule has 0 spiro atoms. The van der Waals surface area contributed by atoms with Crippen LogP contribution in [-0.2, 0) is 10.0 Å². The maximum Gasteiger partial charge on any atom is 0.274 e. The van der Waals surface area contributed by atoms with E-state index in [0.717, 1.165) is 0 Å². The summed E-state index contributed by atoms with van der Waals surface area (Å²) < 4.78 is 41.4. The minimum Gasteiger partial charge on any atom is -0.489 e. The fourth-order valence-corrected chi connectivity index (χ4v) is 2.06. The first kappa shape index (κ1) is 15.9. The Hall–Kier alpha value is -2.18. The number of benzene rings is 1. The van der Waals surface area contributed by atoms with Crippen LogP contribution in [0.5, 0.6) is 5.75 Å². The first-order valence-corrected chi connectivity index (χ1v) is 6.89. The number of nitrogens with two attached hydrogens (primary N) is 1. The third-order valence-electron chi connectivity index (χ3n) is 2.22. The predicted molar refractivity (Wildman–Crippen MR) is 68.0 cm³/mol. The zero-order chi connectivity index (χ0) is 15.3. The fourth-order valence-electron chi connectivity index (χ4n) is 1.36. The molecular weight excluding hydrogens is 291 g/mol. The van der Waals surface area contributed by atoms with Crippen LogP contribution in [0.15, 0.2) is 17.0 Å². The summed E-state index contributed by atoms with van der Waals surface area (Å²) in [6.07, 6.45) is 5.75. The number of rotatable bonds is 6. The smallest absolute Gasteiger partial charge is 0.274 e. The average molecular weight is 302 g/mol. The summed E-state index contributed by atoms with van der Waals surface area (Å²) in [4.78, 5) is 8.88. The van der Waals surface area contributed by atoms with Gasteiger partial charge in [0, 0.05) is 12.5 Å². The highest BCUT2D eigenvalue weighted by atomic mass is 32.2. The van der Waals surface area contributed by atoms with Gasteiger partial charge in [0.05, 0.1) is 17.6 Å². The van der Waals surface area contributed by atoms with Crippen LogP contribution in [0.25, 0.3) is 0 Å². The Labute approximate surface area is 114 Å². The van der Waals surface area contributed by atoms with Gasteiger partial charge < -0.3 is 4.74 Å². The van der Waals surface area contributed by atoms with E-state index in [4.69, 9.17) is 16.3 Å². The molecule has 0 aliphatic rings. The van der Waals surface area contributed by atoms with Crippen molar-refractivity contribution in [3.8, 4) is 18.1 Å². The van der Waals surface area contributed by atoms with Gasteiger partial charge in [0.1, 0.15) is 4.90 Å². The van der Waals surface area contributed by atoms with Crippen molar-refractivity contribution in [2.24, 2.45) is 5.14 Å². The van der Waals surface area contributed by atoms with Gasteiger partial charge in [-0.05, 0) is 6.42 Å². The molecule has 0 aliphatic heterocycles. The number of nitrogens with zero attached hydrogens (tertiary/aromatic N) is 1. The zero-order valence-corrected chi connectivity index (χ0v) is 11.0. The third-order valence-corrected chi connectivity index (χ3v) is 3.14. The van der Waals surface area contributed by atoms with Crippen molar-refractivity contribution >= 4 is 15.7 Å². The fraction of sp³-hybridized carbons (Fsp3) is 0.273. The molecule has 0 heterocycles. The van der Waals surface area contributed by atoms with E-state index in [2.05, 4.69) is 5.92 Å². The Morgan fingerprint density at radius 3 is 2.65 bits per heavy atom. The lowest BCUT2D eigenvalue weighted by atomic mass is 10.3. The second kappa shape index (κ2) is 6.31. The molecule has 0 aliphatic carbocycles. The Kier molecular flexibility index (Phi) is 5.01. The number of terminal acetylenes is 1. The van der Waals surface area contributed by atoms with Gasteiger partial charge in [0.25, 0.3) is 5.69 Å². The molecule has 108 valence electrons. The van der Waals surface area contributed by atoms with Crippen LogP contribution >= 0.6 is 0 Å². The van der Waals surface area contributed by atoms with Crippen LogP contribution in [0.4, 0.5) is 10.1 Å². The number of unbranched alkanes of at least 4 members (excludes halogenated alkanes) is 1. The molecule has 0 radical (unpaired) electrons. The lowest BCUT2D eigenvalue weighted by Crippen LogP contribution is -2.15. The number of primary sulfonamides is 1. The van der Waals surface area contributed by atoms with Gasteiger partial charge >= 0.3 is 0 Å². The summed E-state index contributed by atoms with van der Waals surface area (Å²) in [6.45, 7) is -0.0402. The van der Waals surface area contributed by atoms with Gasteiger partial charge in [0.15, 0.2) is 11.6 Å². The SMILES string of the molecule is C#CCCCOc1c(F)cc([N+](=O)[O-])cc1S(N)(=O)=O. The summed E-state index contributed by atoms with van der Waals surface area (Å²) in [5, 5.41) is 15.5. The molecule has 0 amide bonds. The minimum atomic E-state index is -4.36. The maximum atomic E-state index is 13.7. The highest BCUT2D eigenvalue weighted by molar-refractivity contribution is 7.89. The number of ether oxygens (including phenoxy) is 1. The van der Waals surface area contributed by atoms with E-state index in [1.54, 1.807) is 0 Å². The van der Waals surface area contributed by atoms with Crippen molar-refractivity contribution in [1.29, 1.82) is 0 Å². The molecule has 0 atom stereocenters. The number of non-ortho nitro benzene ring substituents is 1. The molecule has 0 unspecified atom stereocenters. The normalized spacial score (nSPS) is 10.8. The summed E-state index contributed by atoms with van der Waals surface area (Å²) >= 11 is 0. The van der Waals surface area contributed by atoms with Crippen LogP contribution in [0.1, 0.15) is 12.8 Å². The lowest BCUT2D eigenvalue weighted by molar-refractivity contribution is -0.385.